The molecule has 0 atom stereocenters. The van der Waals surface area contributed by atoms with Crippen molar-refractivity contribution in [2.75, 3.05) is 6.61 Å². The zero-order chi connectivity index (χ0) is 13.1. The van der Waals surface area contributed by atoms with Crippen LogP contribution in [0.5, 0.6) is 5.88 Å². The van der Waals surface area contributed by atoms with Gasteiger partial charge in [0, 0.05) is 11.8 Å². The molecule has 0 aromatic carbocycles. The summed E-state index contributed by atoms with van der Waals surface area (Å²) in [6.45, 7) is 5.05. The van der Waals surface area contributed by atoms with Crippen LogP contribution in [0.15, 0.2) is 18.2 Å². The van der Waals surface area contributed by atoms with E-state index in [9.17, 15) is 0 Å². The number of rotatable bonds is 10. The van der Waals surface area contributed by atoms with E-state index >= 15 is 0 Å². The Kier molecular flexibility index (Phi) is 8.28. The first-order valence-corrected chi connectivity index (χ1v) is 7.39. The van der Waals surface area contributed by atoms with Gasteiger partial charge in [0.1, 0.15) is 0 Å². The summed E-state index contributed by atoms with van der Waals surface area (Å²) in [6, 6.07) is 5.91. The number of nitrogens with zero attached hydrogens (tertiary/aromatic N) is 1. The van der Waals surface area contributed by atoms with E-state index in [2.05, 4.69) is 11.9 Å². The standard InChI is InChI=1S/C16H27NO/c1-3-4-5-6-7-8-9-10-14-18-16-13-11-12-15(2)17-16/h11-13H,3-10,14H2,1-2H3. The van der Waals surface area contributed by atoms with Crippen molar-refractivity contribution < 1.29 is 4.74 Å². The molecule has 2 nitrogen and oxygen atoms in total. The number of hydrogen-bond acceptors (Lipinski definition) is 2. The minimum atomic E-state index is 0.762. The zero-order valence-corrected chi connectivity index (χ0v) is 12.0. The van der Waals surface area contributed by atoms with Crippen LogP contribution in [0.25, 0.3) is 0 Å². The molecule has 1 aromatic heterocycles. The Morgan fingerprint density at radius 2 is 1.61 bits per heavy atom. The Bertz CT molecular complexity index is 312. The highest BCUT2D eigenvalue weighted by Crippen LogP contribution is 2.10. The van der Waals surface area contributed by atoms with Crippen molar-refractivity contribution >= 4 is 0 Å². The molecule has 0 fully saturated rings. The lowest BCUT2D eigenvalue weighted by Gasteiger charge is -2.05. The Morgan fingerprint density at radius 3 is 2.28 bits per heavy atom. The van der Waals surface area contributed by atoms with Crippen LogP contribution in [0.1, 0.15) is 64.0 Å². The van der Waals surface area contributed by atoms with E-state index < -0.39 is 0 Å². The van der Waals surface area contributed by atoms with Crippen molar-refractivity contribution in [3.8, 4) is 5.88 Å². The number of pyridine rings is 1. The second-order valence-electron chi connectivity index (χ2n) is 4.94. The lowest BCUT2D eigenvalue weighted by molar-refractivity contribution is 0.292. The average Bonchev–Trinajstić information content (AvgIpc) is 2.37. The minimum Gasteiger partial charge on any atom is -0.478 e. The van der Waals surface area contributed by atoms with Crippen LogP contribution in [0.3, 0.4) is 0 Å². The second-order valence-corrected chi connectivity index (χ2v) is 4.94. The summed E-state index contributed by atoms with van der Waals surface area (Å²) in [5.41, 5.74) is 1.02. The van der Waals surface area contributed by atoms with E-state index in [-0.39, 0.29) is 0 Å². The van der Waals surface area contributed by atoms with Gasteiger partial charge in [-0.25, -0.2) is 4.98 Å². The van der Waals surface area contributed by atoms with Gasteiger partial charge in [0.15, 0.2) is 0 Å². The molecule has 1 heterocycles. The molecule has 0 N–H and O–H groups in total. The summed E-state index contributed by atoms with van der Waals surface area (Å²) >= 11 is 0. The van der Waals surface area contributed by atoms with E-state index in [0.29, 0.717) is 0 Å². The Balaban J connectivity index is 1.92. The van der Waals surface area contributed by atoms with Crippen LogP contribution in [-0.4, -0.2) is 11.6 Å². The van der Waals surface area contributed by atoms with Crippen LogP contribution in [0, 0.1) is 6.92 Å². The van der Waals surface area contributed by atoms with Gasteiger partial charge < -0.3 is 4.74 Å². The highest BCUT2D eigenvalue weighted by Gasteiger charge is 1.96. The van der Waals surface area contributed by atoms with E-state index in [1.165, 1.54) is 44.9 Å². The molecular weight excluding hydrogens is 222 g/mol. The second kappa shape index (κ2) is 9.93. The third kappa shape index (κ3) is 7.31. The summed E-state index contributed by atoms with van der Waals surface area (Å²) in [7, 11) is 0. The molecule has 18 heavy (non-hydrogen) atoms. The summed E-state index contributed by atoms with van der Waals surface area (Å²) in [5, 5.41) is 0. The maximum atomic E-state index is 5.62. The first-order chi connectivity index (χ1) is 8.83. The van der Waals surface area contributed by atoms with Crippen LogP contribution >= 0.6 is 0 Å². The van der Waals surface area contributed by atoms with E-state index in [1.807, 2.05) is 25.1 Å². The van der Waals surface area contributed by atoms with Crippen LogP contribution in [-0.2, 0) is 0 Å². The number of hydrogen-bond donors (Lipinski definition) is 0. The Morgan fingerprint density at radius 1 is 0.944 bits per heavy atom. The highest BCUT2D eigenvalue weighted by atomic mass is 16.5. The zero-order valence-electron chi connectivity index (χ0n) is 12.0. The van der Waals surface area contributed by atoms with Crippen molar-refractivity contribution in [2.24, 2.45) is 0 Å². The summed E-state index contributed by atoms with van der Waals surface area (Å²) in [5.74, 6) is 0.762. The van der Waals surface area contributed by atoms with Gasteiger partial charge in [-0.1, -0.05) is 57.9 Å². The third-order valence-corrected chi connectivity index (χ3v) is 3.11. The number of unbranched alkanes of at least 4 members (excludes halogenated alkanes) is 7. The first-order valence-electron chi connectivity index (χ1n) is 7.39. The molecule has 0 spiro atoms. The number of aryl methyl sites for hydroxylation is 1. The van der Waals surface area contributed by atoms with Gasteiger partial charge in [-0.2, -0.15) is 0 Å². The molecule has 0 unspecified atom stereocenters. The average molecular weight is 249 g/mol. The van der Waals surface area contributed by atoms with E-state index in [4.69, 9.17) is 4.74 Å². The van der Waals surface area contributed by atoms with Crippen molar-refractivity contribution in [3.63, 3.8) is 0 Å². The van der Waals surface area contributed by atoms with Gasteiger partial charge in [-0.3, -0.25) is 0 Å². The lowest BCUT2D eigenvalue weighted by Crippen LogP contribution is -1.99. The molecule has 0 saturated heterocycles. The SMILES string of the molecule is CCCCCCCCCCOc1cccc(C)n1. The minimum absolute atomic E-state index is 0.762. The normalized spacial score (nSPS) is 10.6. The fourth-order valence-corrected chi connectivity index (χ4v) is 2.01. The van der Waals surface area contributed by atoms with Gasteiger partial charge in [0.05, 0.1) is 6.61 Å². The molecule has 0 aliphatic carbocycles. The Labute approximate surface area is 112 Å². The third-order valence-electron chi connectivity index (χ3n) is 3.11. The summed E-state index contributed by atoms with van der Waals surface area (Å²) in [6.07, 6.45) is 10.7. The predicted octanol–water partition coefficient (Wildman–Crippen LogP) is 4.91. The highest BCUT2D eigenvalue weighted by molar-refractivity contribution is 5.14. The van der Waals surface area contributed by atoms with Crippen molar-refractivity contribution in [1.82, 2.24) is 4.98 Å². The quantitative estimate of drug-likeness (QED) is 0.550. The smallest absolute Gasteiger partial charge is 0.213 e. The Hall–Kier alpha value is -1.05. The molecule has 1 rings (SSSR count). The summed E-state index contributed by atoms with van der Waals surface area (Å²) in [4.78, 5) is 4.32. The van der Waals surface area contributed by atoms with Crippen LogP contribution in [0.2, 0.25) is 0 Å². The van der Waals surface area contributed by atoms with Crippen LogP contribution < -0.4 is 4.74 Å². The molecule has 102 valence electrons. The largest absolute Gasteiger partial charge is 0.478 e. The van der Waals surface area contributed by atoms with Crippen molar-refractivity contribution in [3.05, 3.63) is 23.9 Å². The molecule has 0 saturated carbocycles. The first kappa shape index (κ1) is 15.0. The van der Waals surface area contributed by atoms with E-state index in [1.54, 1.807) is 0 Å². The van der Waals surface area contributed by atoms with E-state index in [0.717, 1.165) is 24.6 Å². The fourth-order valence-electron chi connectivity index (χ4n) is 2.01. The van der Waals surface area contributed by atoms with Gasteiger partial charge in [-0.05, 0) is 19.4 Å². The molecule has 2 heteroatoms. The molecule has 1 aromatic rings. The lowest BCUT2D eigenvalue weighted by atomic mass is 10.1. The monoisotopic (exact) mass is 249 g/mol. The van der Waals surface area contributed by atoms with Crippen LogP contribution in [0.4, 0.5) is 0 Å². The van der Waals surface area contributed by atoms with Gasteiger partial charge in [-0.15, -0.1) is 0 Å². The molecular formula is C16H27NO. The number of ether oxygens (including phenoxy) is 1. The van der Waals surface area contributed by atoms with Gasteiger partial charge in [0.25, 0.3) is 0 Å². The van der Waals surface area contributed by atoms with Crippen molar-refractivity contribution in [1.29, 1.82) is 0 Å². The molecule has 0 amide bonds. The van der Waals surface area contributed by atoms with Gasteiger partial charge in [0.2, 0.25) is 5.88 Å². The molecule has 0 radical (unpaired) electrons. The number of aromatic nitrogens is 1. The van der Waals surface area contributed by atoms with Gasteiger partial charge >= 0.3 is 0 Å². The predicted molar refractivity (Wildman–Crippen MR) is 77.1 cm³/mol. The topological polar surface area (TPSA) is 22.1 Å². The molecule has 0 aliphatic rings. The summed E-state index contributed by atoms with van der Waals surface area (Å²) < 4.78 is 5.62. The molecule has 0 aliphatic heterocycles. The van der Waals surface area contributed by atoms with Crippen molar-refractivity contribution in [2.45, 2.75) is 65.2 Å². The maximum absolute atomic E-state index is 5.62. The fraction of sp³-hybridized carbons (Fsp3) is 0.688. The molecule has 0 bridgehead atoms. The maximum Gasteiger partial charge on any atom is 0.213 e.